The minimum Gasteiger partial charge on any atom is -0.474 e. The molecule has 0 saturated carbocycles. The summed E-state index contributed by atoms with van der Waals surface area (Å²) in [7, 11) is 0. The predicted molar refractivity (Wildman–Crippen MR) is 73.2 cm³/mol. The molecule has 1 amide bonds. The Kier molecular flexibility index (Phi) is 2.91. The van der Waals surface area contributed by atoms with Gasteiger partial charge in [-0.05, 0) is 11.6 Å². The van der Waals surface area contributed by atoms with E-state index >= 15 is 0 Å². The molecular formula is C15H14N2O2. The SMILES string of the molecule is CC(=O)N1CCOc2ncc(-c3ccccc3)cc21. The minimum atomic E-state index is 0.0107. The highest BCUT2D eigenvalue weighted by Gasteiger charge is 2.22. The minimum absolute atomic E-state index is 0.0107. The summed E-state index contributed by atoms with van der Waals surface area (Å²) in [6.07, 6.45) is 1.78. The van der Waals surface area contributed by atoms with E-state index < -0.39 is 0 Å². The molecule has 19 heavy (non-hydrogen) atoms. The van der Waals surface area contributed by atoms with Gasteiger partial charge in [0, 0.05) is 18.7 Å². The number of carbonyl (C=O) groups is 1. The van der Waals surface area contributed by atoms with E-state index in [1.807, 2.05) is 36.4 Å². The number of ether oxygens (including phenoxy) is 1. The molecule has 2 heterocycles. The molecular weight excluding hydrogens is 240 g/mol. The molecule has 0 bridgehead atoms. The van der Waals surface area contributed by atoms with Crippen LogP contribution in [-0.4, -0.2) is 24.0 Å². The topological polar surface area (TPSA) is 42.4 Å². The predicted octanol–water partition coefficient (Wildman–Crippen LogP) is 2.49. The summed E-state index contributed by atoms with van der Waals surface area (Å²) >= 11 is 0. The fraction of sp³-hybridized carbons (Fsp3) is 0.200. The Morgan fingerprint density at radius 2 is 2.05 bits per heavy atom. The van der Waals surface area contributed by atoms with Crippen molar-refractivity contribution in [1.82, 2.24) is 4.98 Å². The van der Waals surface area contributed by atoms with E-state index in [4.69, 9.17) is 4.74 Å². The first-order chi connectivity index (χ1) is 9.25. The Labute approximate surface area is 111 Å². The average molecular weight is 254 g/mol. The maximum absolute atomic E-state index is 11.7. The number of amides is 1. The van der Waals surface area contributed by atoms with E-state index in [1.165, 1.54) is 0 Å². The normalized spacial score (nSPS) is 13.6. The van der Waals surface area contributed by atoms with E-state index in [-0.39, 0.29) is 5.91 Å². The molecule has 0 spiro atoms. The van der Waals surface area contributed by atoms with Crippen LogP contribution in [0.4, 0.5) is 5.69 Å². The highest BCUT2D eigenvalue weighted by Crippen LogP contribution is 2.33. The van der Waals surface area contributed by atoms with Gasteiger partial charge in [-0.3, -0.25) is 4.79 Å². The quantitative estimate of drug-likeness (QED) is 0.785. The van der Waals surface area contributed by atoms with Crippen molar-refractivity contribution in [1.29, 1.82) is 0 Å². The lowest BCUT2D eigenvalue weighted by molar-refractivity contribution is -0.116. The molecule has 1 aromatic heterocycles. The summed E-state index contributed by atoms with van der Waals surface area (Å²) in [5.74, 6) is 0.540. The average Bonchev–Trinajstić information content (AvgIpc) is 2.47. The first-order valence-corrected chi connectivity index (χ1v) is 6.22. The van der Waals surface area contributed by atoms with Crippen LogP contribution in [0.5, 0.6) is 5.88 Å². The van der Waals surface area contributed by atoms with Gasteiger partial charge in [0.15, 0.2) is 0 Å². The molecule has 0 aliphatic carbocycles. The molecule has 0 atom stereocenters. The van der Waals surface area contributed by atoms with E-state index in [0.29, 0.717) is 19.0 Å². The Balaban J connectivity index is 2.07. The molecule has 3 rings (SSSR count). The number of carbonyl (C=O) groups excluding carboxylic acids is 1. The lowest BCUT2D eigenvalue weighted by atomic mass is 10.1. The second-order valence-corrected chi connectivity index (χ2v) is 4.43. The standard InChI is InChI=1S/C15H14N2O2/c1-11(18)17-7-8-19-15-14(17)9-13(10-16-15)12-5-3-2-4-6-12/h2-6,9-10H,7-8H2,1H3. The summed E-state index contributed by atoms with van der Waals surface area (Å²) in [5.41, 5.74) is 2.81. The highest BCUT2D eigenvalue weighted by molar-refractivity contribution is 5.94. The number of benzene rings is 1. The zero-order chi connectivity index (χ0) is 13.2. The zero-order valence-electron chi connectivity index (χ0n) is 10.7. The van der Waals surface area contributed by atoms with Gasteiger partial charge in [-0.25, -0.2) is 4.98 Å². The van der Waals surface area contributed by atoms with Crippen LogP contribution in [0.2, 0.25) is 0 Å². The molecule has 96 valence electrons. The monoisotopic (exact) mass is 254 g/mol. The molecule has 1 aromatic carbocycles. The summed E-state index contributed by atoms with van der Waals surface area (Å²) in [6.45, 7) is 2.62. The maximum atomic E-state index is 11.7. The lowest BCUT2D eigenvalue weighted by Gasteiger charge is -2.28. The van der Waals surface area contributed by atoms with Crippen LogP contribution in [0, 0.1) is 0 Å². The van der Waals surface area contributed by atoms with Gasteiger partial charge >= 0.3 is 0 Å². The van der Waals surface area contributed by atoms with Crippen LogP contribution in [0.15, 0.2) is 42.6 Å². The molecule has 1 aliphatic rings. The second-order valence-electron chi connectivity index (χ2n) is 4.43. The van der Waals surface area contributed by atoms with Crippen molar-refractivity contribution in [3.05, 3.63) is 42.6 Å². The molecule has 0 N–H and O–H groups in total. The highest BCUT2D eigenvalue weighted by atomic mass is 16.5. The number of aromatic nitrogens is 1. The van der Waals surface area contributed by atoms with Crippen molar-refractivity contribution in [2.75, 3.05) is 18.1 Å². The Bertz CT molecular complexity index is 611. The van der Waals surface area contributed by atoms with E-state index in [0.717, 1.165) is 16.8 Å². The molecule has 0 radical (unpaired) electrons. The summed E-state index contributed by atoms with van der Waals surface area (Å²) in [6, 6.07) is 11.9. The first-order valence-electron chi connectivity index (χ1n) is 6.22. The van der Waals surface area contributed by atoms with Crippen molar-refractivity contribution in [2.45, 2.75) is 6.92 Å². The van der Waals surface area contributed by atoms with Crippen LogP contribution in [0.25, 0.3) is 11.1 Å². The molecule has 4 heteroatoms. The van der Waals surface area contributed by atoms with Crippen LogP contribution < -0.4 is 9.64 Å². The van der Waals surface area contributed by atoms with Gasteiger partial charge in [-0.15, -0.1) is 0 Å². The number of anilines is 1. The Morgan fingerprint density at radius 3 is 2.79 bits per heavy atom. The number of fused-ring (bicyclic) bond motifs is 1. The molecule has 0 saturated heterocycles. The van der Waals surface area contributed by atoms with Gasteiger partial charge in [-0.1, -0.05) is 30.3 Å². The maximum Gasteiger partial charge on any atom is 0.238 e. The number of nitrogens with zero attached hydrogens (tertiary/aromatic N) is 2. The first kappa shape index (κ1) is 11.7. The van der Waals surface area contributed by atoms with E-state index in [9.17, 15) is 4.79 Å². The van der Waals surface area contributed by atoms with E-state index in [2.05, 4.69) is 4.98 Å². The van der Waals surface area contributed by atoms with Gasteiger partial charge in [-0.2, -0.15) is 0 Å². The van der Waals surface area contributed by atoms with Gasteiger partial charge in [0.1, 0.15) is 12.3 Å². The molecule has 2 aromatic rings. The van der Waals surface area contributed by atoms with Gasteiger partial charge in [0.05, 0.1) is 6.54 Å². The zero-order valence-corrected chi connectivity index (χ0v) is 10.7. The molecule has 0 fully saturated rings. The summed E-state index contributed by atoms with van der Waals surface area (Å²) < 4.78 is 5.49. The second kappa shape index (κ2) is 4.72. The van der Waals surface area contributed by atoms with E-state index in [1.54, 1.807) is 18.0 Å². The third-order valence-corrected chi connectivity index (χ3v) is 3.16. The number of rotatable bonds is 1. The fourth-order valence-corrected chi connectivity index (χ4v) is 2.21. The number of hydrogen-bond acceptors (Lipinski definition) is 3. The lowest BCUT2D eigenvalue weighted by Crippen LogP contribution is -2.36. The van der Waals surface area contributed by atoms with Crippen molar-refractivity contribution in [2.24, 2.45) is 0 Å². The number of pyridine rings is 1. The summed E-state index contributed by atoms with van der Waals surface area (Å²) in [4.78, 5) is 17.7. The van der Waals surface area contributed by atoms with Crippen molar-refractivity contribution in [3.8, 4) is 17.0 Å². The smallest absolute Gasteiger partial charge is 0.238 e. The van der Waals surface area contributed by atoms with Crippen LogP contribution >= 0.6 is 0 Å². The van der Waals surface area contributed by atoms with Gasteiger partial charge in [0.25, 0.3) is 0 Å². The largest absolute Gasteiger partial charge is 0.474 e. The molecule has 1 aliphatic heterocycles. The van der Waals surface area contributed by atoms with Crippen molar-refractivity contribution < 1.29 is 9.53 Å². The summed E-state index contributed by atoms with van der Waals surface area (Å²) in [5, 5.41) is 0. The third-order valence-electron chi connectivity index (χ3n) is 3.16. The molecule has 4 nitrogen and oxygen atoms in total. The van der Waals surface area contributed by atoms with Crippen LogP contribution in [0.1, 0.15) is 6.92 Å². The van der Waals surface area contributed by atoms with Crippen molar-refractivity contribution in [3.63, 3.8) is 0 Å². The fourth-order valence-electron chi connectivity index (χ4n) is 2.21. The Morgan fingerprint density at radius 1 is 1.26 bits per heavy atom. The van der Waals surface area contributed by atoms with Crippen LogP contribution in [0.3, 0.4) is 0 Å². The molecule has 0 unspecified atom stereocenters. The number of hydrogen-bond donors (Lipinski definition) is 0. The Hall–Kier alpha value is -2.36. The van der Waals surface area contributed by atoms with Crippen molar-refractivity contribution >= 4 is 11.6 Å². The van der Waals surface area contributed by atoms with Gasteiger partial charge < -0.3 is 9.64 Å². The third kappa shape index (κ3) is 2.17. The van der Waals surface area contributed by atoms with Gasteiger partial charge in [0.2, 0.25) is 11.8 Å². The van der Waals surface area contributed by atoms with Crippen LogP contribution in [-0.2, 0) is 4.79 Å².